The molecule has 2 atom stereocenters. The van der Waals surface area contributed by atoms with E-state index in [0.717, 1.165) is 5.56 Å². The first-order valence-corrected chi connectivity index (χ1v) is 6.92. The van der Waals surface area contributed by atoms with Crippen LogP contribution >= 0.6 is 0 Å². The fourth-order valence-electron chi connectivity index (χ4n) is 2.95. The van der Waals surface area contributed by atoms with Crippen LogP contribution in [0.3, 0.4) is 0 Å². The summed E-state index contributed by atoms with van der Waals surface area (Å²) in [5.41, 5.74) is 7.01. The molecular weight excluding hydrogens is 272 g/mol. The van der Waals surface area contributed by atoms with Gasteiger partial charge in [0.1, 0.15) is 0 Å². The van der Waals surface area contributed by atoms with E-state index >= 15 is 0 Å². The van der Waals surface area contributed by atoms with Gasteiger partial charge in [-0.15, -0.1) is 0 Å². The summed E-state index contributed by atoms with van der Waals surface area (Å²) in [4.78, 5) is 13.8. The first-order valence-electron chi connectivity index (χ1n) is 6.92. The molecule has 0 bridgehead atoms. The zero-order valence-electron chi connectivity index (χ0n) is 12.9. The molecule has 1 aromatic rings. The van der Waals surface area contributed by atoms with Crippen LogP contribution in [0.2, 0.25) is 0 Å². The summed E-state index contributed by atoms with van der Waals surface area (Å²) < 4.78 is 16.2. The Morgan fingerprint density at radius 2 is 1.86 bits per heavy atom. The molecule has 1 aromatic carbocycles. The highest BCUT2D eigenvalue weighted by molar-refractivity contribution is 5.80. The Morgan fingerprint density at radius 3 is 2.38 bits per heavy atom. The van der Waals surface area contributed by atoms with Crippen molar-refractivity contribution in [1.29, 1.82) is 0 Å². The molecule has 1 amide bonds. The number of hydrogen-bond acceptors (Lipinski definition) is 5. The summed E-state index contributed by atoms with van der Waals surface area (Å²) in [5.74, 6) is 1.72. The lowest BCUT2D eigenvalue weighted by Crippen LogP contribution is -2.33. The Balaban J connectivity index is 2.55. The van der Waals surface area contributed by atoms with Gasteiger partial charge in [0.05, 0.1) is 27.4 Å². The summed E-state index contributed by atoms with van der Waals surface area (Å²) in [6.45, 7) is 2.55. The molecule has 0 spiro atoms. The van der Waals surface area contributed by atoms with Gasteiger partial charge in [0.15, 0.2) is 11.5 Å². The zero-order chi connectivity index (χ0) is 15.6. The van der Waals surface area contributed by atoms with Crippen LogP contribution in [0.4, 0.5) is 0 Å². The number of carbonyl (C=O) groups is 1. The molecule has 6 heteroatoms. The van der Waals surface area contributed by atoms with E-state index in [1.165, 1.54) is 0 Å². The fraction of sp³-hybridized carbons (Fsp3) is 0.533. The highest BCUT2D eigenvalue weighted by atomic mass is 16.5. The summed E-state index contributed by atoms with van der Waals surface area (Å²) in [5, 5.41) is 0. The zero-order valence-corrected chi connectivity index (χ0v) is 12.9. The van der Waals surface area contributed by atoms with E-state index in [2.05, 4.69) is 0 Å². The smallest absolute Gasteiger partial charge is 0.224 e. The van der Waals surface area contributed by atoms with Crippen molar-refractivity contribution in [2.75, 3.05) is 27.9 Å². The van der Waals surface area contributed by atoms with Gasteiger partial charge >= 0.3 is 0 Å². The molecule has 0 aliphatic carbocycles. The number of nitrogens with two attached hydrogens (primary N) is 1. The van der Waals surface area contributed by atoms with E-state index in [0.29, 0.717) is 30.2 Å². The molecule has 2 unspecified atom stereocenters. The Kier molecular flexibility index (Phi) is 4.57. The third kappa shape index (κ3) is 2.51. The molecule has 1 saturated heterocycles. The van der Waals surface area contributed by atoms with Gasteiger partial charge in [-0.2, -0.15) is 0 Å². The summed E-state index contributed by atoms with van der Waals surface area (Å²) >= 11 is 0. The first kappa shape index (κ1) is 15.4. The van der Waals surface area contributed by atoms with Crippen molar-refractivity contribution < 1.29 is 19.0 Å². The molecule has 0 saturated carbocycles. The van der Waals surface area contributed by atoms with Gasteiger partial charge in [0, 0.05) is 24.6 Å². The lowest BCUT2D eigenvalue weighted by atomic mass is 9.99. The average Bonchev–Trinajstić information content (AvgIpc) is 2.78. The van der Waals surface area contributed by atoms with Crippen molar-refractivity contribution in [1.82, 2.24) is 4.90 Å². The van der Waals surface area contributed by atoms with Gasteiger partial charge in [0.25, 0.3) is 0 Å². The Morgan fingerprint density at radius 1 is 1.19 bits per heavy atom. The molecule has 2 rings (SSSR count). The Hall–Kier alpha value is -1.95. The van der Waals surface area contributed by atoms with E-state index in [1.54, 1.807) is 32.3 Å². The second-order valence-electron chi connectivity index (χ2n) is 4.92. The molecule has 1 heterocycles. The highest BCUT2D eigenvalue weighted by Crippen LogP contribution is 2.45. The molecular formula is C15H22N2O4. The molecule has 21 heavy (non-hydrogen) atoms. The van der Waals surface area contributed by atoms with Crippen LogP contribution in [-0.2, 0) is 4.79 Å². The number of likely N-dealkylation sites (N-methyl/N-ethyl adjacent to an activating group) is 1. The van der Waals surface area contributed by atoms with Crippen molar-refractivity contribution >= 4 is 5.91 Å². The number of methoxy groups -OCH3 is 3. The van der Waals surface area contributed by atoms with Crippen LogP contribution in [0.15, 0.2) is 12.1 Å². The van der Waals surface area contributed by atoms with Crippen molar-refractivity contribution in [2.45, 2.75) is 25.4 Å². The topological polar surface area (TPSA) is 74.0 Å². The van der Waals surface area contributed by atoms with E-state index in [1.807, 2.05) is 13.0 Å². The monoisotopic (exact) mass is 294 g/mol. The van der Waals surface area contributed by atoms with E-state index in [9.17, 15) is 4.79 Å². The number of rotatable bonds is 5. The summed E-state index contributed by atoms with van der Waals surface area (Å²) in [7, 11) is 4.70. The molecule has 1 aliphatic heterocycles. The minimum absolute atomic E-state index is 0.0619. The third-order valence-corrected chi connectivity index (χ3v) is 3.87. The SMILES string of the molecule is CCN1C(=O)CC(N)C1c1ccc(OC)c(OC)c1OC. The van der Waals surface area contributed by atoms with Crippen molar-refractivity contribution in [3.8, 4) is 17.2 Å². The van der Waals surface area contributed by atoms with Crippen LogP contribution in [-0.4, -0.2) is 44.7 Å². The fourth-order valence-corrected chi connectivity index (χ4v) is 2.95. The molecule has 1 fully saturated rings. The highest BCUT2D eigenvalue weighted by Gasteiger charge is 2.40. The molecule has 1 aliphatic rings. The maximum Gasteiger partial charge on any atom is 0.224 e. The number of ether oxygens (including phenoxy) is 3. The summed E-state index contributed by atoms with van der Waals surface area (Å²) in [6.07, 6.45) is 0.343. The van der Waals surface area contributed by atoms with Gasteiger partial charge in [-0.05, 0) is 19.1 Å². The molecule has 6 nitrogen and oxygen atoms in total. The van der Waals surface area contributed by atoms with Gasteiger partial charge in [-0.3, -0.25) is 4.79 Å². The Bertz CT molecular complexity index is 533. The molecule has 116 valence electrons. The standard InChI is InChI=1S/C15H22N2O4/c1-5-17-12(18)8-10(16)13(17)9-6-7-11(19-2)15(21-4)14(9)20-3/h6-7,10,13H,5,8,16H2,1-4H3. The van der Waals surface area contributed by atoms with Gasteiger partial charge in [0.2, 0.25) is 11.7 Å². The van der Waals surface area contributed by atoms with Gasteiger partial charge in [-0.25, -0.2) is 0 Å². The lowest BCUT2D eigenvalue weighted by molar-refractivity contribution is -0.128. The van der Waals surface area contributed by atoms with Crippen molar-refractivity contribution in [2.24, 2.45) is 5.73 Å². The third-order valence-electron chi connectivity index (χ3n) is 3.87. The quantitative estimate of drug-likeness (QED) is 0.887. The maximum atomic E-state index is 12.0. The van der Waals surface area contributed by atoms with Crippen molar-refractivity contribution in [3.63, 3.8) is 0 Å². The van der Waals surface area contributed by atoms with Gasteiger partial charge < -0.3 is 24.8 Å². The number of nitrogens with zero attached hydrogens (tertiary/aromatic N) is 1. The normalized spacial score (nSPS) is 21.6. The van der Waals surface area contributed by atoms with Crippen molar-refractivity contribution in [3.05, 3.63) is 17.7 Å². The number of amides is 1. The van der Waals surface area contributed by atoms with Crippen LogP contribution in [0, 0.1) is 0 Å². The van der Waals surface area contributed by atoms with Crippen LogP contribution < -0.4 is 19.9 Å². The predicted molar refractivity (Wildman–Crippen MR) is 78.8 cm³/mol. The number of likely N-dealkylation sites (tertiary alicyclic amines) is 1. The lowest BCUT2D eigenvalue weighted by Gasteiger charge is -2.28. The molecule has 0 aromatic heterocycles. The van der Waals surface area contributed by atoms with E-state index < -0.39 is 0 Å². The second-order valence-corrected chi connectivity index (χ2v) is 4.92. The second kappa shape index (κ2) is 6.22. The van der Waals surface area contributed by atoms with E-state index in [4.69, 9.17) is 19.9 Å². The van der Waals surface area contributed by atoms with Crippen LogP contribution in [0.25, 0.3) is 0 Å². The number of carbonyl (C=O) groups excluding carboxylic acids is 1. The molecule has 0 radical (unpaired) electrons. The molecule has 2 N–H and O–H groups in total. The summed E-state index contributed by atoms with van der Waals surface area (Å²) in [6, 6.07) is 3.22. The average molecular weight is 294 g/mol. The minimum Gasteiger partial charge on any atom is -0.493 e. The number of hydrogen-bond donors (Lipinski definition) is 1. The number of benzene rings is 1. The minimum atomic E-state index is -0.260. The van der Waals surface area contributed by atoms with E-state index in [-0.39, 0.29) is 18.0 Å². The van der Waals surface area contributed by atoms with Crippen LogP contribution in [0.5, 0.6) is 17.2 Å². The van der Waals surface area contributed by atoms with Crippen LogP contribution in [0.1, 0.15) is 24.9 Å². The predicted octanol–water partition coefficient (Wildman–Crippen LogP) is 1.33. The Labute approximate surface area is 124 Å². The first-order chi connectivity index (χ1) is 10.1. The van der Waals surface area contributed by atoms with Gasteiger partial charge in [-0.1, -0.05) is 0 Å². The largest absolute Gasteiger partial charge is 0.493 e. The maximum absolute atomic E-state index is 12.0.